The number of nitrogens with one attached hydrogen (secondary N) is 1. The molecule has 6 atom stereocenters. The summed E-state index contributed by atoms with van der Waals surface area (Å²) >= 11 is 0. The van der Waals surface area contributed by atoms with Gasteiger partial charge in [-0.3, -0.25) is 4.79 Å². The average molecular weight is 307 g/mol. The van der Waals surface area contributed by atoms with Crippen molar-refractivity contribution in [1.29, 1.82) is 0 Å². The van der Waals surface area contributed by atoms with Gasteiger partial charge >= 0.3 is 5.97 Å². The molecule has 0 aromatic heterocycles. The van der Waals surface area contributed by atoms with E-state index >= 15 is 0 Å². The van der Waals surface area contributed by atoms with Crippen LogP contribution in [0.25, 0.3) is 0 Å². The molecule has 1 fully saturated rings. The zero-order valence-corrected chi connectivity index (χ0v) is 11.8. The highest BCUT2D eigenvalue weighted by atomic mass is 16.6. The van der Waals surface area contributed by atoms with Crippen LogP contribution in [0.15, 0.2) is 0 Å². The first-order valence-electron chi connectivity index (χ1n) is 6.45. The predicted octanol–water partition coefficient (Wildman–Crippen LogP) is -2.80. The SMILES string of the molecule is CC(=O)N[C@H]1C([C@H](O)[C@H](O)CO)O[C@@](C)(C(=O)O)C[C@@H]1O. The van der Waals surface area contributed by atoms with E-state index in [9.17, 15) is 24.9 Å². The third-order valence-corrected chi connectivity index (χ3v) is 3.50. The topological polar surface area (TPSA) is 157 Å². The van der Waals surface area contributed by atoms with Crippen LogP contribution in [0.4, 0.5) is 0 Å². The highest BCUT2D eigenvalue weighted by molar-refractivity contribution is 5.77. The lowest BCUT2D eigenvalue weighted by molar-refractivity contribution is -0.224. The molecule has 0 aromatic carbocycles. The first kappa shape index (κ1) is 17.8. The van der Waals surface area contributed by atoms with E-state index in [-0.39, 0.29) is 6.42 Å². The van der Waals surface area contributed by atoms with Gasteiger partial charge in [-0.1, -0.05) is 0 Å². The van der Waals surface area contributed by atoms with Gasteiger partial charge in [0.2, 0.25) is 5.91 Å². The van der Waals surface area contributed by atoms with Crippen molar-refractivity contribution in [2.24, 2.45) is 0 Å². The van der Waals surface area contributed by atoms with Crippen molar-refractivity contribution in [3.05, 3.63) is 0 Å². The highest BCUT2D eigenvalue weighted by Gasteiger charge is 2.51. The Kier molecular flexibility index (Phi) is 5.65. The van der Waals surface area contributed by atoms with Crippen molar-refractivity contribution in [2.45, 2.75) is 56.3 Å². The van der Waals surface area contributed by atoms with Crippen LogP contribution >= 0.6 is 0 Å². The molecule has 0 aliphatic carbocycles. The van der Waals surface area contributed by atoms with Crippen molar-refractivity contribution >= 4 is 11.9 Å². The molecule has 1 rings (SSSR count). The van der Waals surface area contributed by atoms with Crippen molar-refractivity contribution in [3.63, 3.8) is 0 Å². The summed E-state index contributed by atoms with van der Waals surface area (Å²) in [5, 5.41) is 49.9. The highest BCUT2D eigenvalue weighted by Crippen LogP contribution is 2.31. The molecule has 1 saturated heterocycles. The van der Waals surface area contributed by atoms with E-state index in [0.717, 1.165) is 0 Å². The number of hydrogen-bond donors (Lipinski definition) is 6. The van der Waals surface area contributed by atoms with E-state index in [1.165, 1.54) is 13.8 Å². The Morgan fingerprint density at radius 2 is 2.00 bits per heavy atom. The Hall–Kier alpha value is -1.26. The molecule has 1 unspecified atom stereocenters. The summed E-state index contributed by atoms with van der Waals surface area (Å²) in [4.78, 5) is 22.4. The van der Waals surface area contributed by atoms with Gasteiger partial charge in [-0.15, -0.1) is 0 Å². The molecule has 0 bridgehead atoms. The van der Waals surface area contributed by atoms with Crippen LogP contribution in [0, 0.1) is 0 Å². The Morgan fingerprint density at radius 3 is 2.43 bits per heavy atom. The third-order valence-electron chi connectivity index (χ3n) is 3.50. The van der Waals surface area contributed by atoms with E-state index < -0.39 is 54.5 Å². The zero-order valence-electron chi connectivity index (χ0n) is 11.8. The number of aliphatic hydroxyl groups is 4. The third kappa shape index (κ3) is 3.89. The van der Waals surface area contributed by atoms with Crippen LogP contribution in [0.3, 0.4) is 0 Å². The maximum Gasteiger partial charge on any atom is 0.335 e. The zero-order chi connectivity index (χ0) is 16.4. The number of carboxylic acid groups (broad SMARTS) is 1. The first-order chi connectivity index (χ1) is 9.62. The number of aliphatic carboxylic acids is 1. The molecule has 21 heavy (non-hydrogen) atoms. The molecule has 122 valence electrons. The van der Waals surface area contributed by atoms with Gasteiger partial charge in [0, 0.05) is 13.3 Å². The maximum absolute atomic E-state index is 11.2. The Balaban J connectivity index is 3.07. The largest absolute Gasteiger partial charge is 0.479 e. The summed E-state index contributed by atoms with van der Waals surface area (Å²) in [6.45, 7) is 1.62. The number of carbonyl (C=O) groups excluding carboxylic acids is 1. The standard InChI is InChI=1S/C12H21NO8/c1-5(15)13-8-6(16)3-12(2,11(19)20)21-10(8)9(18)7(17)4-14/h6-10,14,16-18H,3-4H2,1-2H3,(H,13,15)(H,19,20)/t6-,7+,8+,9+,10?,12+/m0/s1. The summed E-state index contributed by atoms with van der Waals surface area (Å²) in [5.41, 5.74) is -1.78. The fourth-order valence-electron chi connectivity index (χ4n) is 2.33. The van der Waals surface area contributed by atoms with Gasteiger partial charge in [0.1, 0.15) is 18.3 Å². The van der Waals surface area contributed by atoms with Gasteiger partial charge < -0.3 is 35.6 Å². The van der Waals surface area contributed by atoms with E-state index in [1.54, 1.807) is 0 Å². The van der Waals surface area contributed by atoms with Crippen LogP contribution < -0.4 is 5.32 Å². The summed E-state index contributed by atoms with van der Waals surface area (Å²) < 4.78 is 5.31. The van der Waals surface area contributed by atoms with E-state index in [4.69, 9.17) is 14.9 Å². The van der Waals surface area contributed by atoms with Crippen molar-refractivity contribution < 1.29 is 39.9 Å². The lowest BCUT2D eigenvalue weighted by Crippen LogP contribution is -2.66. The number of amides is 1. The summed E-state index contributed by atoms with van der Waals surface area (Å²) in [6.07, 6.45) is -6.27. The maximum atomic E-state index is 11.2. The van der Waals surface area contributed by atoms with E-state index in [0.29, 0.717) is 0 Å². The Morgan fingerprint density at radius 1 is 1.43 bits per heavy atom. The average Bonchev–Trinajstić information content (AvgIpc) is 2.39. The quantitative estimate of drug-likeness (QED) is 0.318. The lowest BCUT2D eigenvalue weighted by atomic mass is 9.84. The molecule has 9 nitrogen and oxygen atoms in total. The second-order valence-corrected chi connectivity index (χ2v) is 5.36. The molecule has 9 heteroatoms. The van der Waals surface area contributed by atoms with Gasteiger partial charge in [0.15, 0.2) is 5.60 Å². The fourth-order valence-corrected chi connectivity index (χ4v) is 2.33. The molecule has 6 N–H and O–H groups in total. The molecule has 1 aliphatic rings. The number of carbonyl (C=O) groups is 2. The molecular formula is C12H21NO8. The van der Waals surface area contributed by atoms with Crippen molar-refractivity contribution in [3.8, 4) is 0 Å². The second-order valence-electron chi connectivity index (χ2n) is 5.36. The normalized spacial score (nSPS) is 35.8. The lowest BCUT2D eigenvalue weighted by Gasteiger charge is -2.45. The summed E-state index contributed by atoms with van der Waals surface area (Å²) in [6, 6.07) is -1.11. The van der Waals surface area contributed by atoms with Crippen LogP contribution in [0.2, 0.25) is 0 Å². The van der Waals surface area contributed by atoms with Gasteiger partial charge in [-0.05, 0) is 6.92 Å². The van der Waals surface area contributed by atoms with Crippen LogP contribution in [-0.4, -0.2) is 80.1 Å². The number of rotatable bonds is 5. The van der Waals surface area contributed by atoms with Gasteiger partial charge in [0.05, 0.1) is 18.8 Å². The molecule has 1 aliphatic heterocycles. The molecule has 1 heterocycles. The van der Waals surface area contributed by atoms with Gasteiger partial charge in [-0.25, -0.2) is 4.79 Å². The molecule has 0 spiro atoms. The minimum absolute atomic E-state index is 0.300. The fraction of sp³-hybridized carbons (Fsp3) is 0.833. The van der Waals surface area contributed by atoms with E-state index in [1.807, 2.05) is 0 Å². The number of carboxylic acids is 1. The molecule has 1 amide bonds. The van der Waals surface area contributed by atoms with Gasteiger partial charge in [0.25, 0.3) is 0 Å². The molecule has 0 aromatic rings. The predicted molar refractivity (Wildman–Crippen MR) is 68.2 cm³/mol. The minimum atomic E-state index is -1.78. The first-order valence-corrected chi connectivity index (χ1v) is 6.45. The van der Waals surface area contributed by atoms with Gasteiger partial charge in [-0.2, -0.15) is 0 Å². The van der Waals surface area contributed by atoms with Crippen LogP contribution in [0.1, 0.15) is 20.3 Å². The summed E-state index contributed by atoms with van der Waals surface area (Å²) in [7, 11) is 0. The number of hydrogen-bond acceptors (Lipinski definition) is 7. The monoisotopic (exact) mass is 307 g/mol. The van der Waals surface area contributed by atoms with Crippen molar-refractivity contribution in [2.75, 3.05) is 6.61 Å². The van der Waals surface area contributed by atoms with E-state index in [2.05, 4.69) is 5.32 Å². The summed E-state index contributed by atoms with van der Waals surface area (Å²) in [5.74, 6) is -1.87. The van der Waals surface area contributed by atoms with Crippen molar-refractivity contribution in [1.82, 2.24) is 5.32 Å². The Labute approximate surface area is 121 Å². The molecular weight excluding hydrogens is 286 g/mol. The van der Waals surface area contributed by atoms with Crippen LogP contribution in [-0.2, 0) is 14.3 Å². The number of ether oxygens (including phenoxy) is 1. The van der Waals surface area contributed by atoms with Crippen LogP contribution in [0.5, 0.6) is 0 Å². The molecule has 0 saturated carbocycles. The minimum Gasteiger partial charge on any atom is -0.479 e. The Bertz CT molecular complexity index is 403. The second kappa shape index (κ2) is 6.67. The number of aliphatic hydroxyl groups excluding tert-OH is 4. The smallest absolute Gasteiger partial charge is 0.335 e. The molecule has 0 radical (unpaired) electrons.